The van der Waals surface area contributed by atoms with Crippen molar-refractivity contribution in [3.63, 3.8) is 0 Å². The van der Waals surface area contributed by atoms with E-state index in [2.05, 4.69) is 5.43 Å². The molecule has 2 aromatic rings. The first kappa shape index (κ1) is 12.6. The minimum absolute atomic E-state index is 0.178. The number of benzene rings is 1. The number of furan rings is 1. The van der Waals surface area contributed by atoms with Crippen LogP contribution in [0.4, 0.5) is 4.39 Å². The summed E-state index contributed by atoms with van der Waals surface area (Å²) in [5.41, 5.74) is 4.43. The lowest BCUT2D eigenvalue weighted by molar-refractivity contribution is 0.385. The van der Waals surface area contributed by atoms with Gasteiger partial charge in [0.25, 0.3) is 0 Å². The van der Waals surface area contributed by atoms with Gasteiger partial charge in [0.05, 0.1) is 25.7 Å². The summed E-state index contributed by atoms with van der Waals surface area (Å²) in [4.78, 5) is 0. The van der Waals surface area contributed by atoms with Crippen molar-refractivity contribution in [3.8, 4) is 5.75 Å². The molecule has 1 heterocycles. The Hall–Kier alpha value is -1.85. The number of methoxy groups -OCH3 is 1. The quantitative estimate of drug-likeness (QED) is 0.630. The lowest BCUT2D eigenvalue weighted by Gasteiger charge is -2.16. The molecule has 4 nitrogen and oxygen atoms in total. The maximum atomic E-state index is 13.6. The van der Waals surface area contributed by atoms with Gasteiger partial charge in [0.1, 0.15) is 0 Å². The molecule has 3 N–H and O–H groups in total. The van der Waals surface area contributed by atoms with Crippen LogP contribution in [0.25, 0.3) is 0 Å². The molecule has 0 aliphatic carbocycles. The van der Waals surface area contributed by atoms with Crippen LogP contribution < -0.4 is 16.0 Å². The predicted octanol–water partition coefficient (Wildman–Crippen LogP) is 2.17. The van der Waals surface area contributed by atoms with E-state index >= 15 is 0 Å². The summed E-state index contributed by atoms with van der Waals surface area (Å²) >= 11 is 0. The Morgan fingerprint density at radius 2 is 2.28 bits per heavy atom. The normalized spacial score (nSPS) is 12.4. The number of halogens is 1. The number of ether oxygens (including phenoxy) is 1. The predicted molar refractivity (Wildman–Crippen MR) is 65.4 cm³/mol. The van der Waals surface area contributed by atoms with Gasteiger partial charge in [-0.1, -0.05) is 6.07 Å². The Bertz CT molecular complexity index is 500. The maximum absolute atomic E-state index is 13.6. The fraction of sp³-hybridized carbons (Fsp3) is 0.231. The number of hydrazine groups is 1. The third-order valence-electron chi connectivity index (χ3n) is 2.80. The standard InChI is InChI=1S/C13H15FN2O2/c1-17-13-3-2-10(7-11(13)14)12(16-15)6-9-4-5-18-8-9/h2-5,7-8,12,16H,6,15H2,1H3. The fourth-order valence-corrected chi connectivity index (χ4v) is 1.82. The zero-order valence-corrected chi connectivity index (χ0v) is 10.0. The highest BCUT2D eigenvalue weighted by molar-refractivity contribution is 5.31. The van der Waals surface area contributed by atoms with Crippen molar-refractivity contribution in [1.29, 1.82) is 0 Å². The second-order valence-corrected chi connectivity index (χ2v) is 3.95. The molecule has 1 atom stereocenters. The van der Waals surface area contributed by atoms with Crippen LogP contribution in [0.1, 0.15) is 17.2 Å². The van der Waals surface area contributed by atoms with Gasteiger partial charge in [-0.3, -0.25) is 11.3 Å². The lowest BCUT2D eigenvalue weighted by Crippen LogP contribution is -2.29. The molecule has 0 radical (unpaired) electrons. The molecular formula is C13H15FN2O2. The minimum atomic E-state index is -0.401. The van der Waals surface area contributed by atoms with Crippen molar-refractivity contribution in [2.75, 3.05) is 7.11 Å². The molecule has 0 aliphatic rings. The molecule has 1 unspecified atom stereocenters. The fourth-order valence-electron chi connectivity index (χ4n) is 1.82. The topological polar surface area (TPSA) is 60.4 Å². The number of nitrogens with two attached hydrogens (primary N) is 1. The average Bonchev–Trinajstić information content (AvgIpc) is 2.88. The molecule has 0 aliphatic heterocycles. The van der Waals surface area contributed by atoms with Crippen LogP contribution in [0.2, 0.25) is 0 Å². The zero-order valence-electron chi connectivity index (χ0n) is 10.0. The molecule has 18 heavy (non-hydrogen) atoms. The summed E-state index contributed by atoms with van der Waals surface area (Å²) in [6.07, 6.45) is 3.86. The highest BCUT2D eigenvalue weighted by Crippen LogP contribution is 2.23. The third-order valence-corrected chi connectivity index (χ3v) is 2.80. The van der Waals surface area contributed by atoms with Crippen LogP contribution >= 0.6 is 0 Å². The third kappa shape index (κ3) is 2.69. The highest BCUT2D eigenvalue weighted by Gasteiger charge is 2.13. The van der Waals surface area contributed by atoms with E-state index in [-0.39, 0.29) is 11.8 Å². The SMILES string of the molecule is COc1ccc(C(Cc2ccoc2)NN)cc1F. The Morgan fingerprint density at radius 3 is 2.83 bits per heavy atom. The van der Waals surface area contributed by atoms with Gasteiger partial charge >= 0.3 is 0 Å². The van der Waals surface area contributed by atoms with Crippen LogP contribution in [0.3, 0.4) is 0 Å². The van der Waals surface area contributed by atoms with Gasteiger partial charge in [-0.15, -0.1) is 0 Å². The van der Waals surface area contributed by atoms with Gasteiger partial charge in [-0.25, -0.2) is 4.39 Å². The average molecular weight is 250 g/mol. The molecule has 0 spiro atoms. The highest BCUT2D eigenvalue weighted by atomic mass is 19.1. The molecule has 0 saturated carbocycles. The van der Waals surface area contributed by atoms with Gasteiger partial charge in [0, 0.05) is 0 Å². The summed E-state index contributed by atoms with van der Waals surface area (Å²) in [5.74, 6) is 5.33. The molecule has 2 rings (SSSR count). The van der Waals surface area contributed by atoms with Crippen LogP contribution in [0.15, 0.2) is 41.2 Å². The van der Waals surface area contributed by atoms with E-state index in [1.54, 1.807) is 24.7 Å². The second kappa shape index (κ2) is 5.66. The Morgan fingerprint density at radius 1 is 1.44 bits per heavy atom. The summed E-state index contributed by atoms with van der Waals surface area (Å²) in [7, 11) is 1.43. The van der Waals surface area contributed by atoms with Gasteiger partial charge in [0.2, 0.25) is 0 Å². The molecule has 0 fully saturated rings. The number of hydrogen-bond acceptors (Lipinski definition) is 4. The van der Waals surface area contributed by atoms with E-state index in [9.17, 15) is 4.39 Å². The van der Waals surface area contributed by atoms with Gasteiger partial charge in [-0.2, -0.15) is 0 Å². The van der Waals surface area contributed by atoms with Crippen molar-refractivity contribution < 1.29 is 13.5 Å². The van der Waals surface area contributed by atoms with Crippen LogP contribution in [-0.4, -0.2) is 7.11 Å². The van der Waals surface area contributed by atoms with Crippen molar-refractivity contribution in [2.45, 2.75) is 12.5 Å². The molecule has 1 aromatic carbocycles. The smallest absolute Gasteiger partial charge is 0.165 e. The second-order valence-electron chi connectivity index (χ2n) is 3.95. The number of rotatable bonds is 5. The molecule has 0 bridgehead atoms. The van der Waals surface area contributed by atoms with E-state index in [0.29, 0.717) is 6.42 Å². The van der Waals surface area contributed by atoms with E-state index in [4.69, 9.17) is 15.0 Å². The molecule has 96 valence electrons. The minimum Gasteiger partial charge on any atom is -0.494 e. The van der Waals surface area contributed by atoms with Gasteiger partial charge in [0.15, 0.2) is 11.6 Å². The lowest BCUT2D eigenvalue weighted by atomic mass is 10.0. The molecule has 1 aromatic heterocycles. The first-order valence-corrected chi connectivity index (χ1v) is 5.55. The summed E-state index contributed by atoms with van der Waals surface area (Å²) in [6.45, 7) is 0. The largest absolute Gasteiger partial charge is 0.494 e. The van der Waals surface area contributed by atoms with Crippen LogP contribution in [0.5, 0.6) is 5.75 Å². The van der Waals surface area contributed by atoms with Gasteiger partial charge in [-0.05, 0) is 35.7 Å². The molecule has 0 saturated heterocycles. The van der Waals surface area contributed by atoms with Gasteiger partial charge < -0.3 is 9.15 Å². The van der Waals surface area contributed by atoms with E-state index in [1.165, 1.54) is 13.2 Å². The van der Waals surface area contributed by atoms with E-state index in [1.807, 2.05) is 6.07 Å². The Balaban J connectivity index is 2.19. The summed E-state index contributed by atoms with van der Waals surface area (Å²) < 4.78 is 23.5. The first-order valence-electron chi connectivity index (χ1n) is 5.55. The Kier molecular flexibility index (Phi) is 3.96. The maximum Gasteiger partial charge on any atom is 0.165 e. The van der Waals surface area contributed by atoms with Crippen LogP contribution in [0, 0.1) is 5.82 Å². The summed E-state index contributed by atoms with van der Waals surface area (Å²) in [5, 5.41) is 0. The van der Waals surface area contributed by atoms with Crippen molar-refractivity contribution in [3.05, 3.63) is 53.7 Å². The molecule has 0 amide bonds. The van der Waals surface area contributed by atoms with Crippen molar-refractivity contribution in [1.82, 2.24) is 5.43 Å². The number of hydrogen-bond donors (Lipinski definition) is 2. The van der Waals surface area contributed by atoms with E-state index < -0.39 is 5.82 Å². The molecular weight excluding hydrogens is 235 g/mol. The van der Waals surface area contributed by atoms with Crippen molar-refractivity contribution in [2.24, 2.45) is 5.84 Å². The Labute approximate surface area is 105 Å². The zero-order chi connectivity index (χ0) is 13.0. The van der Waals surface area contributed by atoms with Crippen LogP contribution in [-0.2, 0) is 6.42 Å². The molecule has 5 heteroatoms. The summed E-state index contributed by atoms with van der Waals surface area (Å²) in [6, 6.07) is 6.47. The first-order chi connectivity index (χ1) is 8.74. The monoisotopic (exact) mass is 250 g/mol. The van der Waals surface area contributed by atoms with Crippen molar-refractivity contribution >= 4 is 0 Å². The van der Waals surface area contributed by atoms with E-state index in [0.717, 1.165) is 11.1 Å². The number of nitrogens with one attached hydrogen (secondary N) is 1.